The molecular formula is C12H16N4O. The lowest BCUT2D eigenvalue weighted by Crippen LogP contribution is -2.37. The van der Waals surface area contributed by atoms with Crippen LogP contribution in [0.1, 0.15) is 19.3 Å². The van der Waals surface area contributed by atoms with E-state index in [1.54, 1.807) is 12.3 Å². The molecule has 1 amide bonds. The average Bonchev–Trinajstić information content (AvgIpc) is 2.97. The van der Waals surface area contributed by atoms with Crippen LogP contribution in [0.15, 0.2) is 18.6 Å². The first-order valence-electron chi connectivity index (χ1n) is 5.96. The molecule has 1 aromatic rings. The van der Waals surface area contributed by atoms with E-state index >= 15 is 0 Å². The predicted octanol–water partition coefficient (Wildman–Crippen LogP) is 0.899. The molecule has 5 heteroatoms. The Morgan fingerprint density at radius 3 is 3.00 bits per heavy atom. The molecule has 0 bridgehead atoms. The summed E-state index contributed by atoms with van der Waals surface area (Å²) in [5.41, 5.74) is 0.447. The SMILES string of the molecule is CN1CC2(CC2)CC1C(=O)Nc1ccncn1. The third-order valence-corrected chi connectivity index (χ3v) is 3.84. The molecule has 2 aliphatic rings. The van der Waals surface area contributed by atoms with Crippen LogP contribution in [-0.2, 0) is 4.79 Å². The van der Waals surface area contributed by atoms with Crippen LogP contribution in [0.3, 0.4) is 0 Å². The minimum atomic E-state index is -0.00698. The van der Waals surface area contributed by atoms with Crippen LogP contribution in [0.4, 0.5) is 5.82 Å². The van der Waals surface area contributed by atoms with E-state index in [2.05, 4.69) is 20.2 Å². The van der Waals surface area contributed by atoms with E-state index in [4.69, 9.17) is 0 Å². The monoisotopic (exact) mass is 232 g/mol. The van der Waals surface area contributed by atoms with Gasteiger partial charge in [0.15, 0.2) is 0 Å². The summed E-state index contributed by atoms with van der Waals surface area (Å²) >= 11 is 0. The molecule has 1 atom stereocenters. The van der Waals surface area contributed by atoms with Crippen molar-refractivity contribution < 1.29 is 4.79 Å². The van der Waals surface area contributed by atoms with E-state index in [9.17, 15) is 4.79 Å². The zero-order valence-electron chi connectivity index (χ0n) is 9.89. The van der Waals surface area contributed by atoms with Gasteiger partial charge in [0, 0.05) is 12.7 Å². The largest absolute Gasteiger partial charge is 0.309 e. The number of nitrogens with zero attached hydrogens (tertiary/aromatic N) is 3. The first-order valence-corrected chi connectivity index (χ1v) is 5.96. The highest BCUT2D eigenvalue weighted by molar-refractivity contribution is 5.94. The van der Waals surface area contributed by atoms with E-state index in [1.165, 1.54) is 19.2 Å². The lowest BCUT2D eigenvalue weighted by molar-refractivity contribution is -0.120. The summed E-state index contributed by atoms with van der Waals surface area (Å²) in [7, 11) is 2.03. The summed E-state index contributed by atoms with van der Waals surface area (Å²) in [5.74, 6) is 0.630. The fraction of sp³-hybridized carbons (Fsp3) is 0.583. The molecule has 3 rings (SSSR count). The summed E-state index contributed by atoms with van der Waals surface area (Å²) in [6, 6.07) is 1.70. The van der Waals surface area contributed by atoms with Crippen molar-refractivity contribution in [2.45, 2.75) is 25.3 Å². The van der Waals surface area contributed by atoms with Gasteiger partial charge in [-0.3, -0.25) is 9.69 Å². The Bertz CT molecular complexity index is 429. The van der Waals surface area contributed by atoms with Crippen molar-refractivity contribution in [3.8, 4) is 0 Å². The molecule has 1 aliphatic heterocycles. The minimum Gasteiger partial charge on any atom is -0.309 e. The molecule has 1 aromatic heterocycles. The molecule has 5 nitrogen and oxygen atoms in total. The van der Waals surface area contributed by atoms with Gasteiger partial charge in [-0.1, -0.05) is 0 Å². The Morgan fingerprint density at radius 1 is 1.59 bits per heavy atom. The number of aromatic nitrogens is 2. The van der Waals surface area contributed by atoms with Crippen molar-refractivity contribution in [3.63, 3.8) is 0 Å². The Kier molecular flexibility index (Phi) is 2.36. The van der Waals surface area contributed by atoms with Crippen molar-refractivity contribution in [1.29, 1.82) is 0 Å². The van der Waals surface area contributed by atoms with Gasteiger partial charge in [-0.05, 0) is 37.8 Å². The highest BCUT2D eigenvalue weighted by Crippen LogP contribution is 2.54. The summed E-state index contributed by atoms with van der Waals surface area (Å²) < 4.78 is 0. The molecule has 2 fully saturated rings. The molecule has 0 radical (unpaired) electrons. The first kappa shape index (κ1) is 10.7. The summed E-state index contributed by atoms with van der Waals surface area (Å²) in [6.07, 6.45) is 6.60. The number of carbonyl (C=O) groups is 1. The zero-order valence-corrected chi connectivity index (χ0v) is 9.89. The van der Waals surface area contributed by atoms with Crippen LogP contribution >= 0.6 is 0 Å². The molecular weight excluding hydrogens is 216 g/mol. The summed E-state index contributed by atoms with van der Waals surface area (Å²) in [6.45, 7) is 1.05. The molecule has 17 heavy (non-hydrogen) atoms. The number of nitrogens with one attached hydrogen (secondary N) is 1. The Hall–Kier alpha value is -1.49. The number of hydrogen-bond donors (Lipinski definition) is 1. The number of likely N-dealkylation sites (N-methyl/N-ethyl adjacent to an activating group) is 1. The highest BCUT2D eigenvalue weighted by atomic mass is 16.2. The van der Waals surface area contributed by atoms with Crippen LogP contribution in [0, 0.1) is 5.41 Å². The Morgan fingerprint density at radius 2 is 2.41 bits per heavy atom. The van der Waals surface area contributed by atoms with E-state index in [-0.39, 0.29) is 11.9 Å². The Balaban J connectivity index is 1.67. The number of likely N-dealkylation sites (tertiary alicyclic amines) is 1. The number of anilines is 1. The van der Waals surface area contributed by atoms with E-state index in [1.807, 2.05) is 7.05 Å². The number of carbonyl (C=O) groups excluding carboxylic acids is 1. The maximum Gasteiger partial charge on any atom is 0.242 e. The molecule has 1 unspecified atom stereocenters. The van der Waals surface area contributed by atoms with Crippen LogP contribution in [-0.4, -0.2) is 40.4 Å². The van der Waals surface area contributed by atoms with Gasteiger partial charge >= 0.3 is 0 Å². The number of amides is 1. The zero-order chi connectivity index (χ0) is 11.9. The first-order chi connectivity index (χ1) is 8.19. The predicted molar refractivity (Wildman–Crippen MR) is 63.4 cm³/mol. The number of rotatable bonds is 2. The summed E-state index contributed by atoms with van der Waals surface area (Å²) in [5, 5.41) is 2.85. The molecule has 1 spiro atoms. The third-order valence-electron chi connectivity index (χ3n) is 3.84. The van der Waals surface area contributed by atoms with Crippen LogP contribution in [0.2, 0.25) is 0 Å². The van der Waals surface area contributed by atoms with Gasteiger partial charge in [0.05, 0.1) is 6.04 Å². The van der Waals surface area contributed by atoms with Crippen molar-refractivity contribution in [2.75, 3.05) is 18.9 Å². The smallest absolute Gasteiger partial charge is 0.242 e. The second kappa shape index (κ2) is 3.77. The van der Waals surface area contributed by atoms with Gasteiger partial charge in [0.25, 0.3) is 0 Å². The fourth-order valence-electron chi connectivity index (χ4n) is 2.68. The maximum absolute atomic E-state index is 12.1. The van der Waals surface area contributed by atoms with Gasteiger partial charge in [0.1, 0.15) is 12.1 Å². The molecule has 1 saturated heterocycles. The lowest BCUT2D eigenvalue weighted by atomic mass is 10.0. The molecule has 2 heterocycles. The normalized spacial score (nSPS) is 26.1. The fourth-order valence-corrected chi connectivity index (χ4v) is 2.68. The highest BCUT2D eigenvalue weighted by Gasteiger charge is 2.52. The van der Waals surface area contributed by atoms with Gasteiger partial charge in [-0.2, -0.15) is 0 Å². The standard InChI is InChI=1S/C12H16N4O/c1-16-7-12(3-4-12)6-9(16)11(17)15-10-2-5-13-8-14-10/h2,5,8-9H,3-4,6-7H2,1H3,(H,13,14,15,17). The van der Waals surface area contributed by atoms with E-state index < -0.39 is 0 Å². The molecule has 1 saturated carbocycles. The number of hydrogen-bond acceptors (Lipinski definition) is 4. The second-order valence-corrected chi connectivity index (χ2v) is 5.22. The van der Waals surface area contributed by atoms with E-state index in [0.29, 0.717) is 11.2 Å². The molecule has 0 aromatic carbocycles. The quantitative estimate of drug-likeness (QED) is 0.823. The topological polar surface area (TPSA) is 58.1 Å². The van der Waals surface area contributed by atoms with Crippen molar-refractivity contribution in [1.82, 2.24) is 14.9 Å². The molecule has 90 valence electrons. The van der Waals surface area contributed by atoms with Crippen molar-refractivity contribution in [3.05, 3.63) is 18.6 Å². The van der Waals surface area contributed by atoms with Crippen LogP contribution in [0.5, 0.6) is 0 Å². The average molecular weight is 232 g/mol. The van der Waals surface area contributed by atoms with E-state index in [0.717, 1.165) is 13.0 Å². The second-order valence-electron chi connectivity index (χ2n) is 5.22. The van der Waals surface area contributed by atoms with Crippen molar-refractivity contribution >= 4 is 11.7 Å². The minimum absolute atomic E-state index is 0.00698. The third kappa shape index (κ3) is 2.02. The van der Waals surface area contributed by atoms with Gasteiger partial charge in [-0.15, -0.1) is 0 Å². The van der Waals surface area contributed by atoms with Gasteiger partial charge in [-0.25, -0.2) is 9.97 Å². The van der Waals surface area contributed by atoms with Crippen molar-refractivity contribution in [2.24, 2.45) is 5.41 Å². The Labute approximate surface area is 100 Å². The van der Waals surface area contributed by atoms with Gasteiger partial charge in [0.2, 0.25) is 5.91 Å². The molecule has 1 N–H and O–H groups in total. The lowest BCUT2D eigenvalue weighted by Gasteiger charge is -2.17. The summed E-state index contributed by atoms with van der Waals surface area (Å²) in [4.78, 5) is 22.1. The van der Waals surface area contributed by atoms with Crippen LogP contribution < -0.4 is 5.32 Å². The van der Waals surface area contributed by atoms with Crippen LogP contribution in [0.25, 0.3) is 0 Å². The maximum atomic E-state index is 12.1. The van der Waals surface area contributed by atoms with Gasteiger partial charge < -0.3 is 5.32 Å². The molecule has 1 aliphatic carbocycles.